The van der Waals surface area contributed by atoms with Gasteiger partial charge in [0.2, 0.25) is 5.75 Å². The first-order chi connectivity index (χ1) is 3.70. The van der Waals surface area contributed by atoms with E-state index in [4.69, 9.17) is 10.2 Å². The molecule has 1 aromatic rings. The summed E-state index contributed by atoms with van der Waals surface area (Å²) in [6.45, 7) is 1.64. The van der Waals surface area contributed by atoms with E-state index in [2.05, 4.69) is 4.42 Å². The number of aryl methyl sites for hydroxylation is 1. The summed E-state index contributed by atoms with van der Waals surface area (Å²) < 4.78 is 4.52. The molecule has 3 heteroatoms. The highest BCUT2D eigenvalue weighted by Crippen LogP contribution is 2.27. The van der Waals surface area contributed by atoms with Crippen LogP contribution >= 0.6 is 0 Å². The molecule has 44 valence electrons. The van der Waals surface area contributed by atoms with Crippen molar-refractivity contribution in [3.63, 3.8) is 0 Å². The van der Waals surface area contributed by atoms with Crippen molar-refractivity contribution in [3.8, 4) is 11.7 Å². The number of hydrogen-bond donors (Lipinski definition) is 2. The maximum atomic E-state index is 8.60. The lowest BCUT2D eigenvalue weighted by atomic mass is 10.5. The van der Waals surface area contributed by atoms with Gasteiger partial charge in [0.05, 0.1) is 0 Å². The molecule has 0 aliphatic heterocycles. The quantitative estimate of drug-likeness (QED) is 0.529. The standard InChI is InChI=1S/C5H6O3/c1-3-2-4(6)5(7)8-3/h2,6-7H,1H3. The van der Waals surface area contributed by atoms with E-state index >= 15 is 0 Å². The molecule has 0 fully saturated rings. The van der Waals surface area contributed by atoms with Crippen LogP contribution in [0.25, 0.3) is 0 Å². The molecule has 0 aliphatic rings. The fourth-order valence-electron chi connectivity index (χ4n) is 0.489. The van der Waals surface area contributed by atoms with Crippen LogP contribution in [0.5, 0.6) is 11.7 Å². The minimum atomic E-state index is -0.414. The van der Waals surface area contributed by atoms with Crippen LogP contribution < -0.4 is 0 Å². The van der Waals surface area contributed by atoms with E-state index in [9.17, 15) is 0 Å². The Morgan fingerprint density at radius 1 is 1.50 bits per heavy atom. The normalized spacial score (nSPS) is 9.62. The van der Waals surface area contributed by atoms with Crippen LogP contribution in [0, 0.1) is 6.92 Å². The summed E-state index contributed by atoms with van der Waals surface area (Å²) in [5.74, 6) is -0.120. The Balaban J connectivity index is 3.14. The van der Waals surface area contributed by atoms with E-state index in [1.165, 1.54) is 6.07 Å². The molecule has 3 nitrogen and oxygen atoms in total. The predicted octanol–water partition coefficient (Wildman–Crippen LogP) is 0.999. The van der Waals surface area contributed by atoms with Crippen molar-refractivity contribution in [1.82, 2.24) is 0 Å². The summed E-state index contributed by atoms with van der Waals surface area (Å²) in [5, 5.41) is 17.1. The second-order valence-electron chi connectivity index (χ2n) is 1.55. The van der Waals surface area contributed by atoms with E-state index in [-0.39, 0.29) is 5.75 Å². The van der Waals surface area contributed by atoms with Crippen molar-refractivity contribution in [2.45, 2.75) is 6.92 Å². The van der Waals surface area contributed by atoms with Crippen molar-refractivity contribution in [2.24, 2.45) is 0 Å². The van der Waals surface area contributed by atoms with Crippen molar-refractivity contribution in [1.29, 1.82) is 0 Å². The van der Waals surface area contributed by atoms with Gasteiger partial charge in [-0.15, -0.1) is 0 Å². The zero-order chi connectivity index (χ0) is 6.15. The zero-order valence-corrected chi connectivity index (χ0v) is 4.38. The van der Waals surface area contributed by atoms with Crippen LogP contribution in [0.1, 0.15) is 5.76 Å². The predicted molar refractivity (Wildman–Crippen MR) is 26.8 cm³/mol. The molecule has 2 N–H and O–H groups in total. The fourth-order valence-corrected chi connectivity index (χ4v) is 0.489. The summed E-state index contributed by atoms with van der Waals surface area (Å²) in [6, 6.07) is 1.34. The lowest BCUT2D eigenvalue weighted by molar-refractivity contribution is 0.300. The van der Waals surface area contributed by atoms with Crippen LogP contribution in [0.4, 0.5) is 0 Å². The zero-order valence-electron chi connectivity index (χ0n) is 4.38. The Kier molecular flexibility index (Phi) is 0.901. The van der Waals surface area contributed by atoms with Crippen LogP contribution in [0.3, 0.4) is 0 Å². The average Bonchev–Trinajstić information content (AvgIpc) is 1.85. The molecule has 0 saturated carbocycles. The molecule has 0 saturated heterocycles. The summed E-state index contributed by atoms with van der Waals surface area (Å²) in [7, 11) is 0. The number of hydrogen-bond acceptors (Lipinski definition) is 3. The minimum Gasteiger partial charge on any atom is -0.502 e. The average molecular weight is 114 g/mol. The van der Waals surface area contributed by atoms with E-state index < -0.39 is 5.95 Å². The molecular weight excluding hydrogens is 108 g/mol. The van der Waals surface area contributed by atoms with Gasteiger partial charge in [-0.3, -0.25) is 0 Å². The van der Waals surface area contributed by atoms with Crippen molar-refractivity contribution >= 4 is 0 Å². The monoisotopic (exact) mass is 114 g/mol. The Morgan fingerprint density at radius 3 is 2.25 bits per heavy atom. The highest BCUT2D eigenvalue weighted by atomic mass is 16.5. The van der Waals surface area contributed by atoms with E-state index in [1.54, 1.807) is 6.92 Å². The molecule has 0 aliphatic carbocycles. The molecule has 8 heavy (non-hydrogen) atoms. The largest absolute Gasteiger partial charge is 0.502 e. The van der Waals surface area contributed by atoms with Gasteiger partial charge in [0.15, 0.2) is 0 Å². The maximum Gasteiger partial charge on any atom is 0.326 e. The molecule has 0 radical (unpaired) electrons. The van der Waals surface area contributed by atoms with Crippen molar-refractivity contribution in [3.05, 3.63) is 11.8 Å². The van der Waals surface area contributed by atoms with E-state index in [0.29, 0.717) is 5.76 Å². The Bertz CT molecular complexity index is 170. The topological polar surface area (TPSA) is 53.6 Å². The van der Waals surface area contributed by atoms with Gasteiger partial charge in [0.1, 0.15) is 5.76 Å². The number of rotatable bonds is 0. The lowest BCUT2D eigenvalue weighted by Gasteiger charge is -1.78. The van der Waals surface area contributed by atoms with Gasteiger partial charge in [0.25, 0.3) is 0 Å². The summed E-state index contributed by atoms with van der Waals surface area (Å²) in [6.07, 6.45) is 0. The molecule has 0 aromatic carbocycles. The SMILES string of the molecule is Cc1cc(O)c(O)o1. The molecule has 1 rings (SSSR count). The van der Waals surface area contributed by atoms with Gasteiger partial charge >= 0.3 is 5.95 Å². The highest BCUT2D eigenvalue weighted by molar-refractivity contribution is 5.29. The summed E-state index contributed by atoms with van der Waals surface area (Å²) in [4.78, 5) is 0. The first-order valence-corrected chi connectivity index (χ1v) is 2.18. The van der Waals surface area contributed by atoms with Gasteiger partial charge in [-0.05, 0) is 6.92 Å². The van der Waals surface area contributed by atoms with Crippen molar-refractivity contribution < 1.29 is 14.6 Å². The molecule has 0 atom stereocenters. The molecular formula is C5H6O3. The molecule has 0 spiro atoms. The number of furan rings is 1. The Labute approximate surface area is 46.2 Å². The third-order valence-electron chi connectivity index (χ3n) is 0.817. The van der Waals surface area contributed by atoms with Crippen LogP contribution in [-0.2, 0) is 0 Å². The third kappa shape index (κ3) is 0.621. The first-order valence-electron chi connectivity index (χ1n) is 2.18. The van der Waals surface area contributed by atoms with Crippen molar-refractivity contribution in [2.75, 3.05) is 0 Å². The molecule has 0 bridgehead atoms. The summed E-state index contributed by atoms with van der Waals surface area (Å²) in [5.41, 5.74) is 0. The van der Waals surface area contributed by atoms with E-state index in [0.717, 1.165) is 0 Å². The second kappa shape index (κ2) is 1.43. The van der Waals surface area contributed by atoms with Gasteiger partial charge in [0, 0.05) is 6.07 Å². The molecule has 1 aromatic heterocycles. The smallest absolute Gasteiger partial charge is 0.326 e. The molecule has 0 unspecified atom stereocenters. The number of aromatic hydroxyl groups is 2. The van der Waals surface area contributed by atoms with Gasteiger partial charge in [-0.1, -0.05) is 0 Å². The molecule has 1 heterocycles. The first kappa shape index (κ1) is 5.03. The van der Waals surface area contributed by atoms with Gasteiger partial charge in [-0.25, -0.2) is 0 Å². The fraction of sp³-hybridized carbons (Fsp3) is 0.200. The van der Waals surface area contributed by atoms with Gasteiger partial charge in [-0.2, -0.15) is 0 Å². The van der Waals surface area contributed by atoms with Crippen LogP contribution in [-0.4, -0.2) is 10.2 Å². The third-order valence-corrected chi connectivity index (χ3v) is 0.817. The van der Waals surface area contributed by atoms with E-state index in [1.807, 2.05) is 0 Å². The van der Waals surface area contributed by atoms with Crippen LogP contribution in [0.15, 0.2) is 10.5 Å². The Morgan fingerprint density at radius 2 is 2.12 bits per heavy atom. The maximum absolute atomic E-state index is 8.60. The second-order valence-corrected chi connectivity index (χ2v) is 1.55. The minimum absolute atomic E-state index is 0.206. The lowest BCUT2D eigenvalue weighted by Crippen LogP contribution is -1.50. The van der Waals surface area contributed by atoms with Crippen LogP contribution in [0.2, 0.25) is 0 Å². The highest BCUT2D eigenvalue weighted by Gasteiger charge is 2.02. The Hall–Kier alpha value is -1.12. The van der Waals surface area contributed by atoms with Gasteiger partial charge < -0.3 is 14.6 Å². The summed E-state index contributed by atoms with van der Waals surface area (Å²) >= 11 is 0. The molecule has 0 amide bonds.